The van der Waals surface area contributed by atoms with E-state index in [2.05, 4.69) is 29.3 Å². The molecule has 2 heterocycles. The van der Waals surface area contributed by atoms with E-state index in [0.29, 0.717) is 26.1 Å². The fourth-order valence-electron chi connectivity index (χ4n) is 3.92. The number of carbonyl (C=O) groups is 2. The first-order valence-corrected chi connectivity index (χ1v) is 9.59. The molecule has 2 amide bonds. The Bertz CT molecular complexity index is 614. The number of hydrogen-bond acceptors (Lipinski definition) is 3. The number of amides is 2. The summed E-state index contributed by atoms with van der Waals surface area (Å²) in [6, 6.07) is 10.3. The number of benzene rings is 1. The summed E-state index contributed by atoms with van der Waals surface area (Å²) < 4.78 is 0. The summed E-state index contributed by atoms with van der Waals surface area (Å²) in [7, 11) is 0. The van der Waals surface area contributed by atoms with E-state index < -0.39 is 11.9 Å². The van der Waals surface area contributed by atoms with Gasteiger partial charge in [-0.1, -0.05) is 37.3 Å². The summed E-state index contributed by atoms with van der Waals surface area (Å²) in [6.07, 6.45) is 2.91. The number of piperidine rings is 1. The third-order valence-electron chi connectivity index (χ3n) is 5.71. The first-order valence-electron chi connectivity index (χ1n) is 9.59. The van der Waals surface area contributed by atoms with Crippen LogP contribution in [0.4, 0.5) is 4.79 Å². The standard InChI is InChI=1S/C20H29N3O3/c1-15-7-10-22(11-8-15)18(16-5-3-2-4-6-16)13-21-20(26)23-12-9-17(14-23)19(24)25/h2-6,15,17-18H,7-14H2,1H3,(H,21,26)(H,24,25). The largest absolute Gasteiger partial charge is 0.481 e. The molecule has 142 valence electrons. The van der Waals surface area contributed by atoms with Gasteiger partial charge in [0.1, 0.15) is 0 Å². The van der Waals surface area contributed by atoms with Crippen molar-refractivity contribution < 1.29 is 14.7 Å². The van der Waals surface area contributed by atoms with Gasteiger partial charge in [0.05, 0.1) is 12.0 Å². The van der Waals surface area contributed by atoms with Crippen molar-refractivity contribution in [2.75, 3.05) is 32.7 Å². The van der Waals surface area contributed by atoms with E-state index in [0.717, 1.165) is 19.0 Å². The number of nitrogens with one attached hydrogen (secondary N) is 1. The number of carbonyl (C=O) groups excluding carboxylic acids is 1. The normalized spacial score (nSPS) is 23.0. The zero-order chi connectivity index (χ0) is 18.5. The first-order chi connectivity index (χ1) is 12.5. The molecule has 2 aliphatic rings. The molecule has 0 bridgehead atoms. The highest BCUT2D eigenvalue weighted by Crippen LogP contribution is 2.26. The van der Waals surface area contributed by atoms with Crippen LogP contribution in [0.25, 0.3) is 0 Å². The Hall–Kier alpha value is -2.08. The second-order valence-electron chi connectivity index (χ2n) is 7.60. The second kappa shape index (κ2) is 8.54. The number of aliphatic carboxylic acids is 1. The van der Waals surface area contributed by atoms with Crippen LogP contribution in [0.15, 0.2) is 30.3 Å². The van der Waals surface area contributed by atoms with Crippen molar-refractivity contribution in [3.8, 4) is 0 Å². The fourth-order valence-corrected chi connectivity index (χ4v) is 3.92. The number of carboxylic acids is 1. The Morgan fingerprint density at radius 1 is 1.15 bits per heavy atom. The molecule has 2 aliphatic heterocycles. The molecular weight excluding hydrogens is 330 g/mol. The number of likely N-dealkylation sites (tertiary alicyclic amines) is 2. The van der Waals surface area contributed by atoms with Crippen LogP contribution < -0.4 is 5.32 Å². The number of hydrogen-bond donors (Lipinski definition) is 2. The van der Waals surface area contributed by atoms with Gasteiger partial charge < -0.3 is 15.3 Å². The SMILES string of the molecule is CC1CCN(C(CNC(=O)N2CCC(C(=O)O)C2)c2ccccc2)CC1. The molecule has 1 aromatic carbocycles. The number of urea groups is 1. The first kappa shape index (κ1) is 18.7. The van der Waals surface area contributed by atoms with Gasteiger partial charge in [-0.05, 0) is 43.8 Å². The lowest BCUT2D eigenvalue weighted by molar-refractivity contribution is -0.141. The maximum Gasteiger partial charge on any atom is 0.317 e. The Morgan fingerprint density at radius 3 is 2.46 bits per heavy atom. The second-order valence-corrected chi connectivity index (χ2v) is 7.60. The zero-order valence-electron chi connectivity index (χ0n) is 15.4. The number of nitrogens with zero attached hydrogens (tertiary/aromatic N) is 2. The minimum atomic E-state index is -0.815. The molecule has 0 saturated carbocycles. The molecule has 2 atom stereocenters. The summed E-state index contributed by atoms with van der Waals surface area (Å²) in [4.78, 5) is 27.7. The Kier molecular flexibility index (Phi) is 6.14. The topological polar surface area (TPSA) is 72.9 Å². The van der Waals surface area contributed by atoms with Gasteiger partial charge in [0.2, 0.25) is 0 Å². The van der Waals surface area contributed by atoms with E-state index in [1.54, 1.807) is 4.90 Å². The minimum Gasteiger partial charge on any atom is -0.481 e. The van der Waals surface area contributed by atoms with Gasteiger partial charge in [-0.15, -0.1) is 0 Å². The Morgan fingerprint density at radius 2 is 1.85 bits per heavy atom. The van der Waals surface area contributed by atoms with Crippen LogP contribution in [-0.4, -0.2) is 59.6 Å². The number of carboxylic acid groups (broad SMARTS) is 1. The summed E-state index contributed by atoms with van der Waals surface area (Å²) in [5.74, 6) is -0.492. The van der Waals surface area contributed by atoms with Gasteiger partial charge in [-0.3, -0.25) is 9.69 Å². The molecule has 2 N–H and O–H groups in total. The lowest BCUT2D eigenvalue weighted by Crippen LogP contribution is -2.45. The van der Waals surface area contributed by atoms with Gasteiger partial charge in [0, 0.05) is 19.6 Å². The highest BCUT2D eigenvalue weighted by atomic mass is 16.4. The van der Waals surface area contributed by atoms with E-state index in [4.69, 9.17) is 5.11 Å². The van der Waals surface area contributed by atoms with Crippen molar-refractivity contribution in [2.24, 2.45) is 11.8 Å². The predicted molar refractivity (Wildman–Crippen MR) is 99.9 cm³/mol. The van der Waals surface area contributed by atoms with Gasteiger partial charge >= 0.3 is 12.0 Å². The van der Waals surface area contributed by atoms with Crippen LogP contribution >= 0.6 is 0 Å². The number of rotatable bonds is 5. The summed E-state index contributed by atoms with van der Waals surface area (Å²) in [5.41, 5.74) is 1.21. The summed E-state index contributed by atoms with van der Waals surface area (Å²) in [6.45, 7) is 5.75. The lowest BCUT2D eigenvalue weighted by Gasteiger charge is -2.37. The van der Waals surface area contributed by atoms with Gasteiger partial charge in [0.25, 0.3) is 0 Å². The zero-order valence-corrected chi connectivity index (χ0v) is 15.4. The maximum atomic E-state index is 12.5. The molecular formula is C20H29N3O3. The predicted octanol–water partition coefficient (Wildman–Crippen LogP) is 2.58. The average Bonchev–Trinajstić information content (AvgIpc) is 3.15. The van der Waals surface area contributed by atoms with E-state index in [1.807, 2.05) is 18.2 Å². The lowest BCUT2D eigenvalue weighted by atomic mass is 9.95. The third kappa shape index (κ3) is 4.55. The molecule has 6 nitrogen and oxygen atoms in total. The van der Waals surface area contributed by atoms with Crippen molar-refractivity contribution in [2.45, 2.75) is 32.2 Å². The highest BCUT2D eigenvalue weighted by molar-refractivity contribution is 5.77. The van der Waals surface area contributed by atoms with Crippen molar-refractivity contribution in [3.05, 3.63) is 35.9 Å². The Balaban J connectivity index is 1.61. The van der Waals surface area contributed by atoms with E-state index in [-0.39, 0.29) is 12.1 Å². The summed E-state index contributed by atoms with van der Waals surface area (Å²) in [5, 5.41) is 12.1. The molecule has 0 radical (unpaired) electrons. The monoisotopic (exact) mass is 359 g/mol. The smallest absolute Gasteiger partial charge is 0.317 e. The van der Waals surface area contributed by atoms with Crippen LogP contribution in [-0.2, 0) is 4.79 Å². The van der Waals surface area contributed by atoms with E-state index >= 15 is 0 Å². The van der Waals surface area contributed by atoms with E-state index in [1.165, 1.54) is 18.4 Å². The van der Waals surface area contributed by atoms with Crippen LogP contribution in [0.1, 0.15) is 37.8 Å². The molecule has 2 unspecified atom stereocenters. The molecule has 0 spiro atoms. The summed E-state index contributed by atoms with van der Waals surface area (Å²) >= 11 is 0. The Labute approximate surface area is 155 Å². The van der Waals surface area contributed by atoms with Crippen LogP contribution in [0.5, 0.6) is 0 Å². The quantitative estimate of drug-likeness (QED) is 0.847. The molecule has 6 heteroatoms. The van der Waals surface area contributed by atoms with Crippen LogP contribution in [0.2, 0.25) is 0 Å². The van der Waals surface area contributed by atoms with E-state index in [9.17, 15) is 9.59 Å². The molecule has 26 heavy (non-hydrogen) atoms. The molecule has 2 fully saturated rings. The molecule has 3 rings (SSSR count). The van der Waals surface area contributed by atoms with Crippen molar-refractivity contribution >= 4 is 12.0 Å². The average molecular weight is 359 g/mol. The van der Waals surface area contributed by atoms with Gasteiger partial charge in [-0.25, -0.2) is 4.79 Å². The molecule has 0 aliphatic carbocycles. The highest BCUT2D eigenvalue weighted by Gasteiger charge is 2.31. The van der Waals surface area contributed by atoms with Crippen molar-refractivity contribution in [3.63, 3.8) is 0 Å². The van der Waals surface area contributed by atoms with Gasteiger partial charge in [0.15, 0.2) is 0 Å². The fraction of sp³-hybridized carbons (Fsp3) is 0.600. The van der Waals surface area contributed by atoms with Crippen molar-refractivity contribution in [1.29, 1.82) is 0 Å². The van der Waals surface area contributed by atoms with Gasteiger partial charge in [-0.2, -0.15) is 0 Å². The molecule has 0 aromatic heterocycles. The third-order valence-corrected chi connectivity index (χ3v) is 5.71. The van der Waals surface area contributed by atoms with Crippen LogP contribution in [0.3, 0.4) is 0 Å². The van der Waals surface area contributed by atoms with Crippen LogP contribution in [0, 0.1) is 11.8 Å². The molecule has 1 aromatic rings. The minimum absolute atomic E-state index is 0.153. The van der Waals surface area contributed by atoms with Crippen molar-refractivity contribution in [1.82, 2.24) is 15.1 Å². The maximum absolute atomic E-state index is 12.5. The molecule has 2 saturated heterocycles.